The summed E-state index contributed by atoms with van der Waals surface area (Å²) in [6, 6.07) is 8.13. The highest BCUT2D eigenvalue weighted by atomic mass is 32.1. The van der Waals surface area contributed by atoms with E-state index in [4.69, 9.17) is 0 Å². The van der Waals surface area contributed by atoms with E-state index in [2.05, 4.69) is 16.4 Å². The Labute approximate surface area is 128 Å². The molecular formula is C16H20N2O2S. The van der Waals surface area contributed by atoms with Crippen molar-refractivity contribution in [3.63, 3.8) is 0 Å². The van der Waals surface area contributed by atoms with Gasteiger partial charge in [0.25, 0.3) is 0 Å². The third-order valence-corrected chi connectivity index (χ3v) is 5.28. The zero-order valence-electron chi connectivity index (χ0n) is 11.9. The Balaban J connectivity index is 1.56. The van der Waals surface area contributed by atoms with E-state index >= 15 is 0 Å². The molecule has 1 heterocycles. The van der Waals surface area contributed by atoms with E-state index < -0.39 is 5.97 Å². The lowest BCUT2D eigenvalue weighted by Crippen LogP contribution is -2.34. The SMILES string of the molecule is O=C(O)C1CCCCC1CNCc1nc2ccccc2s1. The zero-order valence-corrected chi connectivity index (χ0v) is 12.7. The van der Waals surface area contributed by atoms with Crippen molar-refractivity contribution >= 4 is 27.5 Å². The standard InChI is InChI=1S/C16H20N2O2S/c19-16(20)12-6-2-1-5-11(12)9-17-10-15-18-13-7-3-4-8-14(13)21-15/h3-4,7-8,11-12,17H,1-2,5-6,9-10H2,(H,19,20). The molecule has 0 amide bonds. The number of aliphatic carboxylic acids is 1. The smallest absolute Gasteiger partial charge is 0.306 e. The minimum atomic E-state index is -0.638. The summed E-state index contributed by atoms with van der Waals surface area (Å²) in [5, 5.41) is 13.8. The lowest BCUT2D eigenvalue weighted by atomic mass is 9.79. The predicted octanol–water partition coefficient (Wildman–Crippen LogP) is 3.28. The fourth-order valence-corrected chi connectivity index (χ4v) is 4.07. The van der Waals surface area contributed by atoms with Gasteiger partial charge < -0.3 is 10.4 Å². The van der Waals surface area contributed by atoms with E-state index in [0.717, 1.165) is 49.3 Å². The van der Waals surface area contributed by atoms with Crippen molar-refractivity contribution in [2.75, 3.05) is 6.54 Å². The molecule has 2 unspecified atom stereocenters. The van der Waals surface area contributed by atoms with E-state index in [-0.39, 0.29) is 11.8 Å². The van der Waals surface area contributed by atoms with Crippen LogP contribution in [0.15, 0.2) is 24.3 Å². The molecular weight excluding hydrogens is 284 g/mol. The second kappa shape index (κ2) is 6.54. The summed E-state index contributed by atoms with van der Waals surface area (Å²) in [7, 11) is 0. The average Bonchev–Trinajstić information content (AvgIpc) is 2.90. The number of benzene rings is 1. The van der Waals surface area contributed by atoms with Crippen LogP contribution in [0.4, 0.5) is 0 Å². The van der Waals surface area contributed by atoms with Gasteiger partial charge in [-0.05, 0) is 37.4 Å². The minimum absolute atomic E-state index is 0.179. The second-order valence-corrected chi connectivity index (χ2v) is 6.81. The fraction of sp³-hybridized carbons (Fsp3) is 0.500. The molecule has 2 atom stereocenters. The average molecular weight is 304 g/mol. The van der Waals surface area contributed by atoms with Crippen LogP contribution in [0.1, 0.15) is 30.7 Å². The number of nitrogens with one attached hydrogen (secondary N) is 1. The highest BCUT2D eigenvalue weighted by Crippen LogP contribution is 2.30. The summed E-state index contributed by atoms with van der Waals surface area (Å²) >= 11 is 1.70. The largest absolute Gasteiger partial charge is 0.481 e. The lowest BCUT2D eigenvalue weighted by molar-refractivity contribution is -0.144. The van der Waals surface area contributed by atoms with Gasteiger partial charge in [0.2, 0.25) is 0 Å². The van der Waals surface area contributed by atoms with Gasteiger partial charge in [-0.1, -0.05) is 25.0 Å². The van der Waals surface area contributed by atoms with Crippen molar-refractivity contribution in [1.29, 1.82) is 0 Å². The second-order valence-electron chi connectivity index (χ2n) is 5.70. The first-order valence-corrected chi connectivity index (χ1v) is 8.33. The number of para-hydroxylation sites is 1. The van der Waals surface area contributed by atoms with Crippen LogP contribution >= 0.6 is 11.3 Å². The maximum absolute atomic E-state index is 11.3. The molecule has 0 bridgehead atoms. The number of carbonyl (C=O) groups is 1. The van der Waals surface area contributed by atoms with Crippen LogP contribution in [0.25, 0.3) is 10.2 Å². The van der Waals surface area contributed by atoms with Crippen molar-refractivity contribution in [2.45, 2.75) is 32.2 Å². The number of hydrogen-bond acceptors (Lipinski definition) is 4. The van der Waals surface area contributed by atoms with Gasteiger partial charge in [0.05, 0.1) is 16.1 Å². The molecule has 5 heteroatoms. The number of hydrogen-bond donors (Lipinski definition) is 2. The number of rotatable bonds is 5. The van der Waals surface area contributed by atoms with Gasteiger partial charge in [0.1, 0.15) is 5.01 Å². The third kappa shape index (κ3) is 3.41. The molecule has 4 nitrogen and oxygen atoms in total. The Morgan fingerprint density at radius 3 is 2.95 bits per heavy atom. The van der Waals surface area contributed by atoms with Gasteiger partial charge in [0.15, 0.2) is 0 Å². The first kappa shape index (κ1) is 14.5. The van der Waals surface area contributed by atoms with Crippen LogP contribution in [0.2, 0.25) is 0 Å². The van der Waals surface area contributed by atoms with Gasteiger partial charge in [-0.2, -0.15) is 0 Å². The molecule has 21 heavy (non-hydrogen) atoms. The Morgan fingerprint density at radius 1 is 1.33 bits per heavy atom. The van der Waals surface area contributed by atoms with E-state index in [1.54, 1.807) is 11.3 Å². The highest BCUT2D eigenvalue weighted by Gasteiger charge is 2.30. The van der Waals surface area contributed by atoms with Crippen molar-refractivity contribution in [2.24, 2.45) is 11.8 Å². The number of nitrogens with zero attached hydrogens (tertiary/aromatic N) is 1. The number of aromatic nitrogens is 1. The van der Waals surface area contributed by atoms with Gasteiger partial charge in [0, 0.05) is 6.54 Å². The highest BCUT2D eigenvalue weighted by molar-refractivity contribution is 7.18. The number of fused-ring (bicyclic) bond motifs is 1. The molecule has 1 aliphatic rings. The summed E-state index contributed by atoms with van der Waals surface area (Å²) < 4.78 is 1.20. The van der Waals surface area contributed by atoms with Crippen molar-refractivity contribution in [3.8, 4) is 0 Å². The van der Waals surface area contributed by atoms with E-state index in [9.17, 15) is 9.90 Å². The Morgan fingerprint density at radius 2 is 2.14 bits per heavy atom. The summed E-state index contributed by atoms with van der Waals surface area (Å²) in [6.45, 7) is 1.50. The maximum atomic E-state index is 11.3. The fourth-order valence-electron chi connectivity index (χ4n) is 3.14. The molecule has 1 saturated carbocycles. The van der Waals surface area contributed by atoms with Crippen molar-refractivity contribution in [1.82, 2.24) is 10.3 Å². The molecule has 3 rings (SSSR count). The van der Waals surface area contributed by atoms with Crippen LogP contribution in [0, 0.1) is 11.8 Å². The summed E-state index contributed by atoms with van der Waals surface area (Å²) in [5.41, 5.74) is 1.04. The number of thiazole rings is 1. The Kier molecular flexibility index (Phi) is 4.51. The topological polar surface area (TPSA) is 62.2 Å². The van der Waals surface area contributed by atoms with E-state index in [1.807, 2.05) is 18.2 Å². The summed E-state index contributed by atoms with van der Waals surface area (Å²) in [4.78, 5) is 15.9. The number of carboxylic acids is 1. The quantitative estimate of drug-likeness (QED) is 0.890. The third-order valence-electron chi connectivity index (χ3n) is 4.25. The molecule has 2 N–H and O–H groups in total. The lowest BCUT2D eigenvalue weighted by Gasteiger charge is -2.28. The van der Waals surface area contributed by atoms with E-state index in [0.29, 0.717) is 0 Å². The first-order valence-electron chi connectivity index (χ1n) is 7.52. The summed E-state index contributed by atoms with van der Waals surface area (Å²) in [6.07, 6.45) is 4.04. The molecule has 1 aromatic heterocycles. The molecule has 2 aromatic rings. The van der Waals surface area contributed by atoms with E-state index in [1.165, 1.54) is 4.70 Å². The molecule has 112 valence electrons. The molecule has 1 fully saturated rings. The van der Waals surface area contributed by atoms with Gasteiger partial charge >= 0.3 is 5.97 Å². The van der Waals surface area contributed by atoms with Gasteiger partial charge in [-0.15, -0.1) is 11.3 Å². The van der Waals surface area contributed by atoms with Gasteiger partial charge in [-0.3, -0.25) is 4.79 Å². The normalized spacial score (nSPS) is 22.5. The number of carboxylic acid groups (broad SMARTS) is 1. The van der Waals surface area contributed by atoms with Crippen molar-refractivity contribution in [3.05, 3.63) is 29.3 Å². The minimum Gasteiger partial charge on any atom is -0.481 e. The van der Waals surface area contributed by atoms with Crippen LogP contribution in [0.3, 0.4) is 0 Å². The van der Waals surface area contributed by atoms with Crippen LogP contribution < -0.4 is 5.32 Å². The molecule has 0 radical (unpaired) electrons. The zero-order chi connectivity index (χ0) is 14.7. The van der Waals surface area contributed by atoms with Crippen LogP contribution in [-0.4, -0.2) is 22.6 Å². The summed E-state index contributed by atoms with van der Waals surface area (Å²) in [5.74, 6) is -0.561. The molecule has 0 saturated heterocycles. The van der Waals surface area contributed by atoms with Crippen LogP contribution in [0.5, 0.6) is 0 Å². The Hall–Kier alpha value is -1.46. The van der Waals surface area contributed by atoms with Gasteiger partial charge in [-0.25, -0.2) is 4.98 Å². The monoisotopic (exact) mass is 304 g/mol. The Bertz CT molecular complexity index is 593. The molecule has 0 spiro atoms. The molecule has 0 aliphatic heterocycles. The maximum Gasteiger partial charge on any atom is 0.306 e. The molecule has 1 aromatic carbocycles. The first-order chi connectivity index (χ1) is 10.2. The van der Waals surface area contributed by atoms with Crippen LogP contribution in [-0.2, 0) is 11.3 Å². The van der Waals surface area contributed by atoms with Crippen molar-refractivity contribution < 1.29 is 9.90 Å². The predicted molar refractivity (Wildman–Crippen MR) is 84.4 cm³/mol. The molecule has 1 aliphatic carbocycles.